The van der Waals surface area contributed by atoms with E-state index in [0.717, 1.165) is 42.5 Å². The van der Waals surface area contributed by atoms with Gasteiger partial charge in [0, 0.05) is 6.54 Å². The third-order valence-corrected chi connectivity index (χ3v) is 3.61. The molecule has 0 unspecified atom stereocenters. The fourth-order valence-corrected chi connectivity index (χ4v) is 2.11. The molecule has 1 aromatic carbocycles. The Morgan fingerprint density at radius 3 is 2.67 bits per heavy atom. The maximum Gasteiger partial charge on any atom is 0.233 e. The van der Waals surface area contributed by atoms with Crippen molar-refractivity contribution in [2.45, 2.75) is 19.3 Å². The molecule has 1 saturated carbocycles. The van der Waals surface area contributed by atoms with Gasteiger partial charge in [-0.2, -0.15) is 0 Å². The standard InChI is InChI=1S/C16H24N2O3/c1-20-14-6-5-12(9-15(14)21-2)7-8-17-11-16(19)18-10-13-3-4-13/h5-6,9,13,17H,3-4,7-8,10-11H2,1-2H3,(H,18,19). The Morgan fingerprint density at radius 1 is 1.24 bits per heavy atom. The van der Waals surface area contributed by atoms with Gasteiger partial charge in [-0.15, -0.1) is 0 Å². The zero-order valence-corrected chi connectivity index (χ0v) is 12.8. The molecule has 1 aromatic rings. The molecule has 0 bridgehead atoms. The van der Waals surface area contributed by atoms with Crippen LogP contribution in [0.4, 0.5) is 0 Å². The van der Waals surface area contributed by atoms with Gasteiger partial charge in [-0.3, -0.25) is 4.79 Å². The predicted molar refractivity (Wildman–Crippen MR) is 81.9 cm³/mol. The van der Waals surface area contributed by atoms with Gasteiger partial charge in [0.25, 0.3) is 0 Å². The number of carbonyl (C=O) groups is 1. The van der Waals surface area contributed by atoms with Gasteiger partial charge in [0.15, 0.2) is 11.5 Å². The molecule has 0 aromatic heterocycles. The van der Waals surface area contributed by atoms with E-state index in [1.54, 1.807) is 14.2 Å². The Bertz CT molecular complexity index is 473. The maximum absolute atomic E-state index is 11.6. The highest BCUT2D eigenvalue weighted by Crippen LogP contribution is 2.28. The van der Waals surface area contributed by atoms with E-state index < -0.39 is 0 Å². The molecule has 1 aliphatic carbocycles. The van der Waals surface area contributed by atoms with E-state index in [0.29, 0.717) is 6.54 Å². The third kappa shape index (κ3) is 5.27. The average Bonchev–Trinajstić information content (AvgIpc) is 3.33. The summed E-state index contributed by atoms with van der Waals surface area (Å²) in [5.74, 6) is 2.26. The van der Waals surface area contributed by atoms with Crippen molar-refractivity contribution in [2.24, 2.45) is 5.92 Å². The molecule has 1 amide bonds. The lowest BCUT2D eigenvalue weighted by Gasteiger charge is -2.10. The van der Waals surface area contributed by atoms with Crippen LogP contribution in [0.1, 0.15) is 18.4 Å². The number of carbonyl (C=O) groups excluding carboxylic acids is 1. The second-order valence-electron chi connectivity index (χ2n) is 5.36. The molecule has 21 heavy (non-hydrogen) atoms. The summed E-state index contributed by atoms with van der Waals surface area (Å²) in [6, 6.07) is 5.88. The highest BCUT2D eigenvalue weighted by molar-refractivity contribution is 5.77. The van der Waals surface area contributed by atoms with Gasteiger partial charge in [0.2, 0.25) is 5.91 Å². The minimum atomic E-state index is 0.0780. The van der Waals surface area contributed by atoms with Crippen molar-refractivity contribution in [3.8, 4) is 11.5 Å². The Balaban J connectivity index is 1.66. The van der Waals surface area contributed by atoms with Crippen LogP contribution < -0.4 is 20.1 Å². The van der Waals surface area contributed by atoms with Gasteiger partial charge < -0.3 is 20.1 Å². The largest absolute Gasteiger partial charge is 0.493 e. The minimum Gasteiger partial charge on any atom is -0.493 e. The second kappa shape index (κ2) is 7.88. The lowest BCUT2D eigenvalue weighted by atomic mass is 10.1. The first-order valence-electron chi connectivity index (χ1n) is 7.41. The zero-order chi connectivity index (χ0) is 15.1. The maximum atomic E-state index is 11.6. The first-order valence-corrected chi connectivity index (χ1v) is 7.41. The van der Waals surface area contributed by atoms with Crippen LogP contribution in [0.5, 0.6) is 11.5 Å². The second-order valence-corrected chi connectivity index (χ2v) is 5.36. The third-order valence-electron chi connectivity index (χ3n) is 3.61. The SMILES string of the molecule is COc1ccc(CCNCC(=O)NCC2CC2)cc1OC. The number of methoxy groups -OCH3 is 2. The van der Waals surface area contributed by atoms with Gasteiger partial charge >= 0.3 is 0 Å². The lowest BCUT2D eigenvalue weighted by molar-refractivity contribution is -0.120. The summed E-state index contributed by atoms with van der Waals surface area (Å²) in [6.07, 6.45) is 3.36. The van der Waals surface area contributed by atoms with Gasteiger partial charge in [-0.05, 0) is 49.4 Å². The molecule has 2 rings (SSSR count). The normalized spacial score (nSPS) is 13.8. The summed E-state index contributed by atoms with van der Waals surface area (Å²) in [6.45, 7) is 1.96. The smallest absolute Gasteiger partial charge is 0.233 e. The van der Waals surface area contributed by atoms with Crippen molar-refractivity contribution >= 4 is 5.91 Å². The van der Waals surface area contributed by atoms with Crippen LogP contribution in [0.3, 0.4) is 0 Å². The molecule has 0 spiro atoms. The van der Waals surface area contributed by atoms with E-state index in [-0.39, 0.29) is 5.91 Å². The van der Waals surface area contributed by atoms with Crippen LogP contribution in [0, 0.1) is 5.92 Å². The van der Waals surface area contributed by atoms with E-state index in [9.17, 15) is 4.79 Å². The number of amides is 1. The Morgan fingerprint density at radius 2 is 2.00 bits per heavy atom. The zero-order valence-electron chi connectivity index (χ0n) is 12.8. The highest BCUT2D eigenvalue weighted by atomic mass is 16.5. The van der Waals surface area contributed by atoms with E-state index in [4.69, 9.17) is 9.47 Å². The number of hydrogen-bond donors (Lipinski definition) is 2. The molecule has 5 heteroatoms. The van der Waals surface area contributed by atoms with Gasteiger partial charge in [0.05, 0.1) is 20.8 Å². The molecule has 1 aliphatic rings. The summed E-state index contributed by atoms with van der Waals surface area (Å²) in [7, 11) is 3.25. The van der Waals surface area contributed by atoms with Crippen LogP contribution in [0.25, 0.3) is 0 Å². The van der Waals surface area contributed by atoms with Crippen molar-refractivity contribution in [3.05, 3.63) is 23.8 Å². The minimum absolute atomic E-state index is 0.0780. The molecule has 2 N–H and O–H groups in total. The molecular formula is C16H24N2O3. The van der Waals surface area contributed by atoms with Gasteiger partial charge in [0.1, 0.15) is 0 Å². The molecule has 5 nitrogen and oxygen atoms in total. The van der Waals surface area contributed by atoms with Gasteiger partial charge in [-0.1, -0.05) is 6.07 Å². The molecule has 0 atom stereocenters. The van der Waals surface area contributed by atoms with Crippen LogP contribution >= 0.6 is 0 Å². The fraction of sp³-hybridized carbons (Fsp3) is 0.562. The average molecular weight is 292 g/mol. The van der Waals surface area contributed by atoms with Crippen molar-refractivity contribution in [1.82, 2.24) is 10.6 Å². The molecule has 0 radical (unpaired) electrons. The lowest BCUT2D eigenvalue weighted by Crippen LogP contribution is -2.35. The number of rotatable bonds is 9. The Hall–Kier alpha value is -1.75. The molecule has 0 heterocycles. The van der Waals surface area contributed by atoms with Gasteiger partial charge in [-0.25, -0.2) is 0 Å². The van der Waals surface area contributed by atoms with Crippen LogP contribution in [0.2, 0.25) is 0 Å². The molecule has 1 fully saturated rings. The van der Waals surface area contributed by atoms with Crippen molar-refractivity contribution in [1.29, 1.82) is 0 Å². The summed E-state index contributed by atoms with van der Waals surface area (Å²) >= 11 is 0. The highest BCUT2D eigenvalue weighted by Gasteiger charge is 2.21. The molecular weight excluding hydrogens is 268 g/mol. The van der Waals surface area contributed by atoms with Crippen molar-refractivity contribution < 1.29 is 14.3 Å². The number of hydrogen-bond acceptors (Lipinski definition) is 4. The Kier molecular flexibility index (Phi) is 5.87. The van der Waals surface area contributed by atoms with Crippen molar-refractivity contribution in [3.63, 3.8) is 0 Å². The number of ether oxygens (including phenoxy) is 2. The summed E-state index contributed by atoms with van der Waals surface area (Å²) in [5.41, 5.74) is 1.15. The Labute approximate surface area is 126 Å². The predicted octanol–water partition coefficient (Wildman–Crippen LogP) is 1.36. The van der Waals surface area contributed by atoms with E-state index in [2.05, 4.69) is 10.6 Å². The summed E-state index contributed by atoms with van der Waals surface area (Å²) < 4.78 is 10.5. The van der Waals surface area contributed by atoms with Crippen LogP contribution in [-0.2, 0) is 11.2 Å². The molecule has 0 aliphatic heterocycles. The number of benzene rings is 1. The monoisotopic (exact) mass is 292 g/mol. The molecule has 0 saturated heterocycles. The first kappa shape index (κ1) is 15.6. The summed E-state index contributed by atoms with van der Waals surface area (Å²) in [4.78, 5) is 11.6. The fourth-order valence-electron chi connectivity index (χ4n) is 2.11. The molecule has 116 valence electrons. The van der Waals surface area contributed by atoms with E-state index in [1.165, 1.54) is 12.8 Å². The van der Waals surface area contributed by atoms with E-state index in [1.807, 2.05) is 18.2 Å². The topological polar surface area (TPSA) is 59.6 Å². The summed E-state index contributed by atoms with van der Waals surface area (Å²) in [5, 5.41) is 6.10. The van der Waals surface area contributed by atoms with Crippen molar-refractivity contribution in [2.75, 3.05) is 33.9 Å². The first-order chi connectivity index (χ1) is 10.2. The van der Waals surface area contributed by atoms with Crippen LogP contribution in [0.15, 0.2) is 18.2 Å². The van der Waals surface area contributed by atoms with Crippen LogP contribution in [-0.4, -0.2) is 39.8 Å². The van der Waals surface area contributed by atoms with E-state index >= 15 is 0 Å². The number of nitrogens with one attached hydrogen (secondary N) is 2. The quantitative estimate of drug-likeness (QED) is 0.675.